The molecule has 2 aromatic rings. The van der Waals surface area contributed by atoms with Crippen LogP contribution in [0.5, 0.6) is 0 Å². The average molecular weight is 370 g/mol. The Morgan fingerprint density at radius 2 is 1.80 bits per heavy atom. The van der Waals surface area contributed by atoms with Gasteiger partial charge >= 0.3 is 17.6 Å². The zero-order valence-corrected chi connectivity index (χ0v) is 14.9. The number of imidazole rings is 1. The van der Waals surface area contributed by atoms with E-state index in [-0.39, 0.29) is 13.1 Å². The quantitative estimate of drug-likeness (QED) is 0.588. The zero-order valence-electron chi connectivity index (χ0n) is 14.2. The van der Waals surface area contributed by atoms with Crippen LogP contribution in [-0.4, -0.2) is 37.8 Å². The molecule has 1 unspecified atom stereocenters. The SMILES string of the molecule is CC(C)(C)OC(=O)Cn1c(=O)n(CC(NCl)C(=O)O)c2ccccc21. The number of nitrogens with one attached hydrogen (secondary N) is 1. The topological polar surface area (TPSA) is 103 Å². The number of carbonyl (C=O) groups is 2. The van der Waals surface area contributed by atoms with Gasteiger partial charge in [-0.05, 0) is 44.7 Å². The van der Waals surface area contributed by atoms with E-state index in [0.29, 0.717) is 11.0 Å². The summed E-state index contributed by atoms with van der Waals surface area (Å²) in [4.78, 5) is 38.1. The standard InChI is InChI=1S/C16H20ClN3O5/c1-16(2,3)25-13(21)9-20-12-7-5-4-6-11(12)19(15(20)24)8-10(18-17)14(22)23/h4-7,10,18H,8-9H2,1-3H3,(H,22,23). The summed E-state index contributed by atoms with van der Waals surface area (Å²) in [5, 5.41) is 9.13. The Morgan fingerprint density at radius 1 is 1.24 bits per heavy atom. The first-order chi connectivity index (χ1) is 11.6. The second-order valence-electron chi connectivity index (χ2n) is 6.55. The molecule has 0 aliphatic rings. The van der Waals surface area contributed by atoms with Crippen LogP contribution in [0, 0.1) is 0 Å². The van der Waals surface area contributed by atoms with Crippen molar-refractivity contribution in [2.45, 2.75) is 45.5 Å². The van der Waals surface area contributed by atoms with Gasteiger partial charge in [0.25, 0.3) is 0 Å². The maximum absolute atomic E-state index is 12.7. The first-order valence-corrected chi connectivity index (χ1v) is 8.00. The van der Waals surface area contributed by atoms with E-state index in [9.17, 15) is 14.4 Å². The van der Waals surface area contributed by atoms with Crippen molar-refractivity contribution in [1.82, 2.24) is 14.0 Å². The molecule has 2 rings (SSSR count). The maximum atomic E-state index is 12.7. The van der Waals surface area contributed by atoms with Crippen molar-refractivity contribution < 1.29 is 19.4 Å². The van der Waals surface area contributed by atoms with Gasteiger partial charge in [-0.15, -0.1) is 0 Å². The fourth-order valence-electron chi connectivity index (χ4n) is 2.45. The fourth-order valence-corrected chi connectivity index (χ4v) is 2.61. The third kappa shape index (κ3) is 4.40. The number of carboxylic acid groups (broad SMARTS) is 1. The lowest BCUT2D eigenvalue weighted by Crippen LogP contribution is -2.39. The van der Waals surface area contributed by atoms with E-state index in [1.807, 2.05) is 0 Å². The van der Waals surface area contributed by atoms with Gasteiger partial charge in [0.2, 0.25) is 0 Å². The van der Waals surface area contributed by atoms with Gasteiger partial charge in [0.15, 0.2) is 0 Å². The first kappa shape index (κ1) is 19.0. The van der Waals surface area contributed by atoms with Crippen LogP contribution in [-0.2, 0) is 27.4 Å². The molecule has 1 aromatic heterocycles. The molecule has 0 aliphatic carbocycles. The van der Waals surface area contributed by atoms with Crippen molar-refractivity contribution in [3.8, 4) is 0 Å². The number of carboxylic acids is 1. The Labute approximate surface area is 149 Å². The van der Waals surface area contributed by atoms with E-state index < -0.39 is 29.3 Å². The number of benzene rings is 1. The smallest absolute Gasteiger partial charge is 0.329 e. The lowest BCUT2D eigenvalue weighted by atomic mass is 10.2. The van der Waals surface area contributed by atoms with E-state index in [2.05, 4.69) is 4.84 Å². The van der Waals surface area contributed by atoms with E-state index in [1.54, 1.807) is 45.0 Å². The number of ether oxygens (including phenoxy) is 1. The van der Waals surface area contributed by atoms with Crippen LogP contribution < -0.4 is 10.5 Å². The van der Waals surface area contributed by atoms with Gasteiger partial charge in [0.05, 0.1) is 17.6 Å². The van der Waals surface area contributed by atoms with Crippen molar-refractivity contribution in [2.24, 2.45) is 0 Å². The van der Waals surface area contributed by atoms with Crippen LogP contribution in [0.4, 0.5) is 0 Å². The van der Waals surface area contributed by atoms with Crippen LogP contribution in [0.15, 0.2) is 29.1 Å². The van der Waals surface area contributed by atoms with E-state index in [0.717, 1.165) is 0 Å². The Morgan fingerprint density at radius 3 is 2.28 bits per heavy atom. The lowest BCUT2D eigenvalue weighted by Gasteiger charge is -2.19. The molecule has 0 spiro atoms. The molecule has 0 saturated heterocycles. The van der Waals surface area contributed by atoms with Gasteiger partial charge in [-0.25, -0.2) is 9.63 Å². The number of hydrogen-bond donors (Lipinski definition) is 2. The van der Waals surface area contributed by atoms with Crippen LogP contribution in [0.25, 0.3) is 11.0 Å². The number of rotatable bonds is 6. The normalized spacial score (nSPS) is 13.0. The predicted octanol–water partition coefficient (Wildman–Crippen LogP) is 1.34. The Bertz CT molecular complexity index is 850. The molecule has 0 saturated carbocycles. The molecule has 1 aromatic carbocycles. The van der Waals surface area contributed by atoms with Crippen molar-refractivity contribution >= 4 is 34.7 Å². The fraction of sp³-hybridized carbons (Fsp3) is 0.438. The second kappa shape index (κ2) is 7.28. The lowest BCUT2D eigenvalue weighted by molar-refractivity contribution is -0.155. The number of aliphatic carboxylic acids is 1. The molecule has 9 heteroatoms. The summed E-state index contributed by atoms with van der Waals surface area (Å²) < 4.78 is 7.79. The molecular formula is C16H20ClN3O5. The maximum Gasteiger partial charge on any atom is 0.329 e. The largest absolute Gasteiger partial charge is 0.480 e. The molecule has 0 bridgehead atoms. The minimum absolute atomic E-state index is 0.181. The highest BCUT2D eigenvalue weighted by atomic mass is 35.5. The molecule has 2 N–H and O–H groups in total. The summed E-state index contributed by atoms with van der Waals surface area (Å²) in [6.07, 6.45) is 0. The van der Waals surface area contributed by atoms with Gasteiger partial charge in [-0.3, -0.25) is 18.7 Å². The molecule has 0 radical (unpaired) electrons. The van der Waals surface area contributed by atoms with E-state index in [1.165, 1.54) is 9.13 Å². The Kier molecular flexibility index (Phi) is 5.54. The van der Waals surface area contributed by atoms with Crippen LogP contribution in [0.3, 0.4) is 0 Å². The van der Waals surface area contributed by atoms with Gasteiger partial charge in [-0.1, -0.05) is 12.1 Å². The third-order valence-electron chi connectivity index (χ3n) is 3.43. The summed E-state index contributed by atoms with van der Waals surface area (Å²) in [6.45, 7) is 4.76. The highest BCUT2D eigenvalue weighted by molar-refractivity contribution is 6.14. The molecular weight excluding hydrogens is 350 g/mol. The Hall–Kier alpha value is -2.32. The third-order valence-corrected chi connectivity index (χ3v) is 3.69. The van der Waals surface area contributed by atoms with Crippen molar-refractivity contribution in [3.05, 3.63) is 34.7 Å². The molecule has 0 amide bonds. The minimum atomic E-state index is -1.19. The second-order valence-corrected chi connectivity index (χ2v) is 6.77. The highest BCUT2D eigenvalue weighted by Gasteiger charge is 2.23. The number of hydrogen-bond acceptors (Lipinski definition) is 5. The summed E-state index contributed by atoms with van der Waals surface area (Å²) in [5.41, 5.74) is -0.160. The molecule has 8 nitrogen and oxygen atoms in total. The summed E-state index contributed by atoms with van der Waals surface area (Å²) >= 11 is 5.45. The van der Waals surface area contributed by atoms with Crippen LogP contribution >= 0.6 is 11.8 Å². The number of esters is 1. The van der Waals surface area contributed by atoms with Crippen LogP contribution in [0.1, 0.15) is 20.8 Å². The molecule has 25 heavy (non-hydrogen) atoms. The minimum Gasteiger partial charge on any atom is -0.480 e. The molecule has 136 valence electrons. The van der Waals surface area contributed by atoms with E-state index >= 15 is 0 Å². The van der Waals surface area contributed by atoms with E-state index in [4.69, 9.17) is 21.6 Å². The van der Waals surface area contributed by atoms with Crippen molar-refractivity contribution in [3.63, 3.8) is 0 Å². The number of halogens is 1. The summed E-state index contributed by atoms with van der Waals surface area (Å²) in [6, 6.07) is 5.66. The highest BCUT2D eigenvalue weighted by Crippen LogP contribution is 2.15. The van der Waals surface area contributed by atoms with Crippen LogP contribution in [0.2, 0.25) is 0 Å². The average Bonchev–Trinajstić information content (AvgIpc) is 2.75. The molecule has 1 heterocycles. The number of nitrogens with zero attached hydrogens (tertiary/aromatic N) is 2. The van der Waals surface area contributed by atoms with Gasteiger partial charge < -0.3 is 9.84 Å². The van der Waals surface area contributed by atoms with Gasteiger partial charge in [0.1, 0.15) is 18.2 Å². The zero-order chi connectivity index (χ0) is 18.8. The number of aromatic nitrogens is 2. The molecule has 0 fully saturated rings. The Balaban J connectivity index is 2.45. The number of para-hydroxylation sites is 2. The van der Waals surface area contributed by atoms with Gasteiger partial charge in [-0.2, -0.15) is 0 Å². The predicted molar refractivity (Wildman–Crippen MR) is 92.5 cm³/mol. The number of carbonyl (C=O) groups excluding carboxylic acids is 1. The first-order valence-electron chi connectivity index (χ1n) is 7.63. The molecule has 0 aliphatic heterocycles. The van der Waals surface area contributed by atoms with Crippen molar-refractivity contribution in [2.75, 3.05) is 0 Å². The molecule has 1 atom stereocenters. The summed E-state index contributed by atoms with van der Waals surface area (Å²) in [7, 11) is 0. The van der Waals surface area contributed by atoms with Crippen molar-refractivity contribution in [1.29, 1.82) is 0 Å². The summed E-state index contributed by atoms with van der Waals surface area (Å²) in [5.74, 6) is -1.74. The number of fused-ring (bicyclic) bond motifs is 1. The van der Waals surface area contributed by atoms with Gasteiger partial charge in [0, 0.05) is 0 Å². The monoisotopic (exact) mass is 369 g/mol.